The van der Waals surface area contributed by atoms with Crippen LogP contribution >= 0.6 is 23.4 Å². The monoisotopic (exact) mass is 285 g/mol. The van der Waals surface area contributed by atoms with E-state index in [1.807, 2.05) is 6.07 Å². The van der Waals surface area contributed by atoms with Gasteiger partial charge < -0.3 is 11.1 Å². The number of nitrogens with one attached hydrogen (secondary N) is 1. The van der Waals surface area contributed by atoms with Gasteiger partial charge in [0.2, 0.25) is 5.91 Å². The number of urea groups is 1. The van der Waals surface area contributed by atoms with Crippen LogP contribution in [0.3, 0.4) is 0 Å². The average molecular weight is 286 g/mol. The molecule has 1 saturated heterocycles. The minimum atomic E-state index is -0.329. The zero-order valence-corrected chi connectivity index (χ0v) is 11.1. The lowest BCUT2D eigenvalue weighted by Crippen LogP contribution is -2.32. The fourth-order valence-corrected chi connectivity index (χ4v) is 2.64. The number of nitrogens with zero attached hydrogens (tertiary/aromatic N) is 1. The molecule has 0 radical (unpaired) electrons. The van der Waals surface area contributed by atoms with E-state index in [9.17, 15) is 9.59 Å². The fourth-order valence-electron chi connectivity index (χ4n) is 1.58. The second-order valence-corrected chi connectivity index (χ2v) is 5.31. The Morgan fingerprint density at radius 2 is 2.22 bits per heavy atom. The molecule has 0 spiro atoms. The molecule has 3 N–H and O–H groups in total. The van der Waals surface area contributed by atoms with Crippen LogP contribution in [0.4, 0.5) is 10.5 Å². The first-order valence-electron chi connectivity index (χ1n) is 5.34. The van der Waals surface area contributed by atoms with Crippen molar-refractivity contribution in [3.8, 4) is 0 Å². The lowest BCUT2D eigenvalue weighted by atomic mass is 10.3. The summed E-state index contributed by atoms with van der Waals surface area (Å²) in [6, 6.07) is 4.93. The number of amides is 3. The molecule has 0 aliphatic carbocycles. The normalized spacial score (nSPS) is 15.1. The van der Waals surface area contributed by atoms with E-state index >= 15 is 0 Å². The Bertz CT molecular complexity index is 479. The van der Waals surface area contributed by atoms with Crippen molar-refractivity contribution < 1.29 is 9.59 Å². The molecular weight excluding hydrogens is 274 g/mol. The van der Waals surface area contributed by atoms with Crippen LogP contribution in [0.5, 0.6) is 0 Å². The van der Waals surface area contributed by atoms with Crippen LogP contribution in [-0.4, -0.2) is 35.7 Å². The quantitative estimate of drug-likeness (QED) is 0.500. The van der Waals surface area contributed by atoms with Crippen molar-refractivity contribution in [2.24, 2.45) is 0 Å². The van der Waals surface area contributed by atoms with E-state index in [1.54, 1.807) is 12.1 Å². The van der Waals surface area contributed by atoms with Crippen molar-refractivity contribution in [1.29, 1.82) is 0 Å². The number of rotatable bonds is 4. The lowest BCUT2D eigenvalue weighted by molar-refractivity contribution is -0.124. The molecule has 5 nitrogen and oxygen atoms in total. The number of hydrogen-bond acceptors (Lipinski definition) is 4. The zero-order valence-electron chi connectivity index (χ0n) is 9.48. The van der Waals surface area contributed by atoms with E-state index in [-0.39, 0.29) is 18.5 Å². The molecule has 1 aromatic rings. The van der Waals surface area contributed by atoms with Crippen LogP contribution in [0.25, 0.3) is 0 Å². The third kappa shape index (κ3) is 2.88. The van der Waals surface area contributed by atoms with Gasteiger partial charge in [-0.25, -0.2) is 4.79 Å². The molecule has 1 fully saturated rings. The Labute approximate surface area is 114 Å². The van der Waals surface area contributed by atoms with E-state index in [0.717, 1.165) is 4.90 Å². The number of halogens is 1. The predicted molar refractivity (Wildman–Crippen MR) is 71.7 cm³/mol. The molecule has 7 heteroatoms. The Kier molecular flexibility index (Phi) is 3.98. The maximum atomic E-state index is 11.3. The topological polar surface area (TPSA) is 75.4 Å². The number of nitrogen functional groups attached to an aromatic ring is 1. The smallest absolute Gasteiger partial charge is 0.324 e. The van der Waals surface area contributed by atoms with Crippen LogP contribution < -0.4 is 11.1 Å². The summed E-state index contributed by atoms with van der Waals surface area (Å²) >= 11 is 7.29. The molecule has 0 bridgehead atoms. The number of carbonyl (C=O) groups excluding carboxylic acids is 2. The van der Waals surface area contributed by atoms with Gasteiger partial charge in [0.05, 0.1) is 6.54 Å². The van der Waals surface area contributed by atoms with Gasteiger partial charge in [0.1, 0.15) is 0 Å². The molecular formula is C11H12ClN3O2S. The summed E-state index contributed by atoms with van der Waals surface area (Å²) in [5.74, 6) is 0.412. The van der Waals surface area contributed by atoms with Gasteiger partial charge in [-0.1, -0.05) is 11.6 Å². The lowest BCUT2D eigenvalue weighted by Gasteiger charge is -2.12. The molecule has 1 aromatic carbocycles. The molecule has 0 unspecified atom stereocenters. The van der Waals surface area contributed by atoms with Gasteiger partial charge in [-0.3, -0.25) is 9.69 Å². The molecule has 3 amide bonds. The van der Waals surface area contributed by atoms with Gasteiger partial charge >= 0.3 is 6.03 Å². The maximum absolute atomic E-state index is 11.3. The number of nitrogens with two attached hydrogens (primary N) is 1. The van der Waals surface area contributed by atoms with Crippen molar-refractivity contribution in [3.63, 3.8) is 0 Å². The molecule has 96 valence electrons. The number of hydrogen-bond donors (Lipinski definition) is 2. The highest BCUT2D eigenvalue weighted by molar-refractivity contribution is 7.99. The van der Waals surface area contributed by atoms with Gasteiger partial charge in [0.25, 0.3) is 0 Å². The molecule has 1 aliphatic rings. The number of carbonyl (C=O) groups is 2. The van der Waals surface area contributed by atoms with Crippen LogP contribution in [-0.2, 0) is 4.79 Å². The van der Waals surface area contributed by atoms with E-state index in [0.29, 0.717) is 23.0 Å². The van der Waals surface area contributed by atoms with Crippen molar-refractivity contribution >= 4 is 41.0 Å². The maximum Gasteiger partial charge on any atom is 0.324 e. The molecule has 0 atom stereocenters. The number of thioether (sulfide) groups is 1. The summed E-state index contributed by atoms with van der Waals surface area (Å²) in [6.07, 6.45) is 0. The highest BCUT2D eigenvalue weighted by Gasteiger charge is 2.27. The average Bonchev–Trinajstić information content (AvgIpc) is 2.63. The molecule has 18 heavy (non-hydrogen) atoms. The third-order valence-electron chi connectivity index (χ3n) is 2.48. The molecule has 2 rings (SSSR count). The van der Waals surface area contributed by atoms with Crippen molar-refractivity contribution in [1.82, 2.24) is 10.2 Å². The molecule has 0 saturated carbocycles. The van der Waals surface area contributed by atoms with Crippen LogP contribution in [0.1, 0.15) is 0 Å². The van der Waals surface area contributed by atoms with Gasteiger partial charge in [0, 0.05) is 27.9 Å². The van der Waals surface area contributed by atoms with Gasteiger partial charge in [-0.2, -0.15) is 0 Å². The van der Waals surface area contributed by atoms with Crippen LogP contribution in [0, 0.1) is 0 Å². The standard InChI is InChI=1S/C11H12ClN3O2S/c12-7-1-2-9(8(13)5-7)18-4-3-15-10(16)6-14-11(15)17/h1-2,5H,3-4,6,13H2,(H,14,17). The van der Waals surface area contributed by atoms with Gasteiger partial charge in [0.15, 0.2) is 0 Å². The third-order valence-corrected chi connectivity index (χ3v) is 3.79. The first kappa shape index (κ1) is 13.0. The second-order valence-electron chi connectivity index (χ2n) is 3.73. The van der Waals surface area contributed by atoms with E-state index in [4.69, 9.17) is 17.3 Å². The number of imide groups is 1. The predicted octanol–water partition coefficient (Wildman–Crippen LogP) is 1.57. The first-order chi connectivity index (χ1) is 8.58. The van der Waals surface area contributed by atoms with Crippen molar-refractivity contribution in [2.45, 2.75) is 4.90 Å². The van der Waals surface area contributed by atoms with Crippen LogP contribution in [0.2, 0.25) is 5.02 Å². The molecule has 1 heterocycles. The van der Waals surface area contributed by atoms with E-state index in [1.165, 1.54) is 16.7 Å². The highest BCUT2D eigenvalue weighted by Crippen LogP contribution is 2.27. The second kappa shape index (κ2) is 5.49. The highest BCUT2D eigenvalue weighted by atomic mass is 35.5. The summed E-state index contributed by atoms with van der Waals surface area (Å²) in [5.41, 5.74) is 6.41. The fraction of sp³-hybridized carbons (Fsp3) is 0.273. The van der Waals surface area contributed by atoms with Crippen LogP contribution in [0.15, 0.2) is 23.1 Å². The van der Waals surface area contributed by atoms with Gasteiger partial charge in [-0.05, 0) is 18.2 Å². The Morgan fingerprint density at radius 3 is 2.83 bits per heavy atom. The summed E-state index contributed by atoms with van der Waals surface area (Å²) in [4.78, 5) is 24.7. The summed E-state index contributed by atoms with van der Waals surface area (Å²) in [7, 11) is 0. The van der Waals surface area contributed by atoms with Crippen molar-refractivity contribution in [3.05, 3.63) is 23.2 Å². The Hall–Kier alpha value is -1.40. The SMILES string of the molecule is Nc1cc(Cl)ccc1SCCN1C(=O)CNC1=O. The van der Waals surface area contributed by atoms with E-state index < -0.39 is 0 Å². The molecule has 1 aliphatic heterocycles. The van der Waals surface area contributed by atoms with Crippen molar-refractivity contribution in [2.75, 3.05) is 24.6 Å². The summed E-state index contributed by atoms with van der Waals surface area (Å²) < 4.78 is 0. The summed E-state index contributed by atoms with van der Waals surface area (Å²) in [5, 5.41) is 3.06. The molecule has 0 aromatic heterocycles. The minimum absolute atomic E-state index is 0.0899. The Morgan fingerprint density at radius 1 is 1.44 bits per heavy atom. The first-order valence-corrected chi connectivity index (χ1v) is 6.70. The summed E-state index contributed by atoms with van der Waals surface area (Å²) in [6.45, 7) is 0.462. The minimum Gasteiger partial charge on any atom is -0.398 e. The number of benzene rings is 1. The Balaban J connectivity index is 1.88. The number of anilines is 1. The van der Waals surface area contributed by atoms with E-state index in [2.05, 4.69) is 5.32 Å². The zero-order chi connectivity index (χ0) is 13.1. The van der Waals surface area contributed by atoms with Gasteiger partial charge in [-0.15, -0.1) is 11.8 Å². The largest absolute Gasteiger partial charge is 0.398 e.